The molecule has 5 aliphatic carbocycles. The van der Waals surface area contributed by atoms with E-state index in [1.54, 1.807) is 0 Å². The highest BCUT2D eigenvalue weighted by molar-refractivity contribution is 5.88. The van der Waals surface area contributed by atoms with Crippen molar-refractivity contribution in [3.63, 3.8) is 0 Å². The summed E-state index contributed by atoms with van der Waals surface area (Å²) < 4.78 is 0. The number of nitrogens with two attached hydrogens (primary N) is 2. The number of rotatable bonds is 3. The van der Waals surface area contributed by atoms with Crippen molar-refractivity contribution in [1.29, 1.82) is 0 Å². The van der Waals surface area contributed by atoms with Gasteiger partial charge in [0.15, 0.2) is 0 Å². The Hall–Kier alpha value is -1.39. The van der Waals surface area contributed by atoms with E-state index in [1.165, 1.54) is 37.7 Å². The first-order chi connectivity index (χ1) is 13.0. The highest BCUT2D eigenvalue weighted by Crippen LogP contribution is 3.01. The van der Waals surface area contributed by atoms with Crippen LogP contribution in [0.2, 0.25) is 0 Å². The first kappa shape index (κ1) is 17.7. The standard InChI is InChI=1S/C17H19NO2.C6H13N/c18-13(20)15-7-12-6-14(10-19)8-16(9-15,17(12,14)15)11-4-2-1-3-5-11;7-6-4-2-1-3-5-6/h1-5,12,19H,6-10H2,(H2,18,20);6H,1-5,7H2. The topological polar surface area (TPSA) is 89.3 Å². The van der Waals surface area contributed by atoms with Crippen molar-refractivity contribution in [2.45, 2.75) is 69.2 Å². The van der Waals surface area contributed by atoms with E-state index in [9.17, 15) is 9.90 Å². The van der Waals surface area contributed by atoms with Gasteiger partial charge in [-0.2, -0.15) is 0 Å². The maximum Gasteiger partial charge on any atom is 0.224 e. The van der Waals surface area contributed by atoms with Crippen LogP contribution in [0, 0.1) is 22.2 Å². The van der Waals surface area contributed by atoms with Crippen LogP contribution in [0.15, 0.2) is 30.3 Å². The van der Waals surface area contributed by atoms with Crippen LogP contribution in [0.25, 0.3) is 0 Å². The van der Waals surface area contributed by atoms with Crippen molar-refractivity contribution in [2.24, 2.45) is 33.6 Å². The predicted octanol–water partition coefficient (Wildman–Crippen LogP) is 2.87. The molecule has 5 aliphatic rings. The molecule has 4 nitrogen and oxygen atoms in total. The van der Waals surface area contributed by atoms with Gasteiger partial charge in [0.25, 0.3) is 0 Å². The summed E-state index contributed by atoms with van der Waals surface area (Å²) in [5, 5.41) is 9.93. The minimum Gasteiger partial charge on any atom is -0.396 e. The summed E-state index contributed by atoms with van der Waals surface area (Å²) in [4.78, 5) is 12.1. The molecule has 1 aromatic carbocycles. The van der Waals surface area contributed by atoms with Crippen molar-refractivity contribution < 1.29 is 9.90 Å². The average Bonchev–Trinajstić information content (AvgIpc) is 2.62. The van der Waals surface area contributed by atoms with Crippen LogP contribution in [0.4, 0.5) is 0 Å². The molecule has 27 heavy (non-hydrogen) atoms. The summed E-state index contributed by atoms with van der Waals surface area (Å²) in [7, 11) is 0. The lowest BCUT2D eigenvalue weighted by atomic mass is 9.03. The van der Waals surface area contributed by atoms with Crippen molar-refractivity contribution in [3.8, 4) is 0 Å². The molecule has 5 fully saturated rings. The van der Waals surface area contributed by atoms with Crippen LogP contribution < -0.4 is 11.5 Å². The Morgan fingerprint density at radius 3 is 2.30 bits per heavy atom. The molecule has 0 heterocycles. The smallest absolute Gasteiger partial charge is 0.224 e. The quantitative estimate of drug-likeness (QED) is 0.766. The summed E-state index contributed by atoms with van der Waals surface area (Å²) >= 11 is 0. The first-order valence-corrected chi connectivity index (χ1v) is 10.7. The summed E-state index contributed by atoms with van der Waals surface area (Å²) in [5.41, 5.74) is 12.5. The molecule has 5 atom stereocenters. The third kappa shape index (κ3) is 1.76. The Morgan fingerprint density at radius 2 is 1.78 bits per heavy atom. The number of carbonyl (C=O) groups is 1. The first-order valence-electron chi connectivity index (χ1n) is 10.7. The second-order valence-corrected chi connectivity index (χ2v) is 10.00. The lowest BCUT2D eigenvalue weighted by molar-refractivity contribution is -0.481. The second-order valence-electron chi connectivity index (χ2n) is 10.00. The zero-order valence-corrected chi connectivity index (χ0v) is 16.1. The Kier molecular flexibility index (Phi) is 3.65. The molecule has 146 valence electrons. The van der Waals surface area contributed by atoms with Gasteiger partial charge >= 0.3 is 0 Å². The third-order valence-electron chi connectivity index (χ3n) is 9.18. The number of hydrogen-bond acceptors (Lipinski definition) is 3. The highest BCUT2D eigenvalue weighted by Gasteiger charge is 3.00. The lowest BCUT2D eigenvalue weighted by Gasteiger charge is -2.98. The van der Waals surface area contributed by atoms with Gasteiger partial charge in [-0.15, -0.1) is 0 Å². The van der Waals surface area contributed by atoms with E-state index in [0.717, 1.165) is 25.7 Å². The Morgan fingerprint density at radius 1 is 1.07 bits per heavy atom. The zero-order chi connectivity index (χ0) is 18.9. The molecular weight excluding hydrogens is 336 g/mol. The summed E-state index contributed by atoms with van der Waals surface area (Å²) in [6, 6.07) is 11.1. The number of hydrogen-bond donors (Lipinski definition) is 3. The highest BCUT2D eigenvalue weighted by atomic mass is 16.3. The average molecular weight is 369 g/mol. The van der Waals surface area contributed by atoms with E-state index >= 15 is 0 Å². The van der Waals surface area contributed by atoms with E-state index in [0.29, 0.717) is 12.0 Å². The number of aliphatic hydroxyl groups is 1. The molecule has 1 spiro atoms. The molecule has 1 amide bonds. The van der Waals surface area contributed by atoms with Crippen molar-refractivity contribution in [2.75, 3.05) is 6.61 Å². The van der Waals surface area contributed by atoms with Crippen LogP contribution in [-0.2, 0) is 10.2 Å². The SMILES string of the molecule is NC(=O)C12CC3CC4(CO)CC(c5ccccc5)(C1)C342.NC1CCCCC1. The van der Waals surface area contributed by atoms with E-state index in [2.05, 4.69) is 24.3 Å². The van der Waals surface area contributed by atoms with Crippen molar-refractivity contribution >= 4 is 5.91 Å². The molecule has 0 aromatic heterocycles. The Labute approximate surface area is 161 Å². The molecule has 6 rings (SSSR count). The van der Waals surface area contributed by atoms with Crippen LogP contribution in [0.1, 0.15) is 63.4 Å². The molecule has 0 aliphatic heterocycles. The number of aliphatic hydroxyl groups excluding tert-OH is 1. The monoisotopic (exact) mass is 368 g/mol. The van der Waals surface area contributed by atoms with Crippen molar-refractivity contribution in [3.05, 3.63) is 35.9 Å². The molecular formula is C23H32N2O2. The molecule has 1 aromatic rings. The lowest BCUT2D eigenvalue weighted by Crippen LogP contribution is -2.98. The minimum absolute atomic E-state index is 0.00502. The van der Waals surface area contributed by atoms with Gasteiger partial charge < -0.3 is 16.6 Å². The van der Waals surface area contributed by atoms with E-state index < -0.39 is 0 Å². The van der Waals surface area contributed by atoms with Crippen LogP contribution in [0.5, 0.6) is 0 Å². The van der Waals surface area contributed by atoms with Gasteiger partial charge in [0.05, 0.1) is 5.41 Å². The number of primary amides is 1. The second kappa shape index (κ2) is 5.57. The largest absolute Gasteiger partial charge is 0.396 e. The van der Waals surface area contributed by atoms with Crippen LogP contribution in [-0.4, -0.2) is 23.7 Å². The fraction of sp³-hybridized carbons (Fsp3) is 0.696. The van der Waals surface area contributed by atoms with Gasteiger partial charge in [-0.05, 0) is 50.0 Å². The maximum atomic E-state index is 12.1. The maximum absolute atomic E-state index is 12.1. The van der Waals surface area contributed by atoms with Crippen LogP contribution in [0.3, 0.4) is 0 Å². The minimum atomic E-state index is -0.313. The fourth-order valence-electron chi connectivity index (χ4n) is 8.61. The van der Waals surface area contributed by atoms with Gasteiger partial charge in [0, 0.05) is 28.9 Å². The third-order valence-corrected chi connectivity index (χ3v) is 9.18. The molecule has 4 heteroatoms. The Bertz CT molecular complexity index is 761. The number of benzene rings is 1. The fourth-order valence-corrected chi connectivity index (χ4v) is 8.61. The molecule has 0 bridgehead atoms. The van der Waals surface area contributed by atoms with Crippen molar-refractivity contribution in [1.82, 2.24) is 0 Å². The molecule has 0 saturated heterocycles. The molecule has 0 radical (unpaired) electrons. The normalized spacial score (nSPS) is 46.1. The number of carbonyl (C=O) groups excluding carboxylic acids is 1. The van der Waals surface area contributed by atoms with Gasteiger partial charge in [0.2, 0.25) is 5.91 Å². The molecule has 5 saturated carbocycles. The molecule has 5 unspecified atom stereocenters. The summed E-state index contributed by atoms with van der Waals surface area (Å²) in [5.74, 6) is 0.474. The van der Waals surface area contributed by atoms with E-state index in [4.69, 9.17) is 11.5 Å². The summed E-state index contributed by atoms with van der Waals surface area (Å²) in [6.45, 7) is 0.215. The van der Waals surface area contributed by atoms with Crippen LogP contribution >= 0.6 is 0 Å². The van der Waals surface area contributed by atoms with E-state index in [-0.39, 0.29) is 34.2 Å². The Balaban J connectivity index is 0.000000195. The van der Waals surface area contributed by atoms with Gasteiger partial charge in [-0.1, -0.05) is 49.6 Å². The van der Waals surface area contributed by atoms with Gasteiger partial charge in [-0.3, -0.25) is 4.79 Å². The number of amides is 1. The van der Waals surface area contributed by atoms with E-state index in [1.807, 2.05) is 6.07 Å². The van der Waals surface area contributed by atoms with Gasteiger partial charge in [-0.25, -0.2) is 0 Å². The summed E-state index contributed by atoms with van der Waals surface area (Å²) in [6.07, 6.45) is 10.6. The zero-order valence-electron chi connectivity index (χ0n) is 16.1. The predicted molar refractivity (Wildman–Crippen MR) is 105 cm³/mol. The molecule has 5 N–H and O–H groups in total. The van der Waals surface area contributed by atoms with Gasteiger partial charge in [0.1, 0.15) is 0 Å².